The van der Waals surface area contributed by atoms with Crippen LogP contribution in [0.1, 0.15) is 54.0 Å². The molecule has 2 amide bonds. The smallest absolute Gasteiger partial charge is 0.270 e. The first kappa shape index (κ1) is 21.7. The van der Waals surface area contributed by atoms with Crippen LogP contribution in [0.3, 0.4) is 0 Å². The van der Waals surface area contributed by atoms with Crippen molar-refractivity contribution in [3.05, 3.63) is 47.7 Å². The Morgan fingerprint density at radius 1 is 1.16 bits per heavy atom. The third-order valence-electron chi connectivity index (χ3n) is 6.16. The van der Waals surface area contributed by atoms with Crippen LogP contribution in [0.5, 0.6) is 0 Å². The van der Waals surface area contributed by atoms with Crippen LogP contribution in [0.4, 0.5) is 5.69 Å². The van der Waals surface area contributed by atoms with Crippen LogP contribution in [0, 0.1) is 19.8 Å². The molecule has 1 aliphatic carbocycles. The monoisotopic (exact) mass is 435 g/mol. The van der Waals surface area contributed by atoms with Crippen LogP contribution >= 0.6 is 0 Å². The van der Waals surface area contributed by atoms with Crippen molar-refractivity contribution in [2.45, 2.75) is 52.0 Å². The standard InChI is InChI=1S/C23H29N7O2/c1-14-20(15(2)29-28-14)18-10-9-17(13-24-18)26-23(32)21(16-7-5-4-6-8-16)27-22(31)19-11-12-25-30(19)3/h9-13,16,21H,4-8H2,1-3H3,(H,26,32)(H,27,31)(H,28,29)/t21-/m0/s1. The second kappa shape index (κ2) is 9.33. The number of nitrogens with zero attached hydrogens (tertiary/aromatic N) is 4. The van der Waals surface area contributed by atoms with Gasteiger partial charge in [0.2, 0.25) is 5.91 Å². The van der Waals surface area contributed by atoms with E-state index >= 15 is 0 Å². The minimum atomic E-state index is -0.615. The summed E-state index contributed by atoms with van der Waals surface area (Å²) in [5, 5.41) is 17.1. The molecule has 1 atom stereocenters. The quantitative estimate of drug-likeness (QED) is 0.550. The maximum absolute atomic E-state index is 13.2. The summed E-state index contributed by atoms with van der Waals surface area (Å²) < 4.78 is 1.51. The molecule has 0 aliphatic heterocycles. The molecule has 1 saturated carbocycles. The van der Waals surface area contributed by atoms with Gasteiger partial charge in [-0.3, -0.25) is 24.4 Å². The molecule has 0 aromatic carbocycles. The Morgan fingerprint density at radius 2 is 1.94 bits per heavy atom. The number of aromatic nitrogens is 5. The molecule has 0 radical (unpaired) electrons. The second-order valence-corrected chi connectivity index (χ2v) is 8.42. The van der Waals surface area contributed by atoms with Gasteiger partial charge >= 0.3 is 0 Å². The summed E-state index contributed by atoms with van der Waals surface area (Å²) in [5.41, 5.74) is 4.60. The van der Waals surface area contributed by atoms with Gasteiger partial charge in [-0.25, -0.2) is 0 Å². The number of hydrogen-bond acceptors (Lipinski definition) is 5. The molecule has 0 unspecified atom stereocenters. The first-order valence-electron chi connectivity index (χ1n) is 11.0. The van der Waals surface area contributed by atoms with Crippen LogP contribution in [0.2, 0.25) is 0 Å². The van der Waals surface area contributed by atoms with Crippen molar-refractivity contribution in [1.29, 1.82) is 0 Å². The predicted octanol–water partition coefficient (Wildman–Crippen LogP) is 3.14. The Labute approximate surface area is 187 Å². The van der Waals surface area contributed by atoms with E-state index in [0.717, 1.165) is 48.3 Å². The molecule has 4 rings (SSSR count). The Hall–Kier alpha value is -3.49. The highest BCUT2D eigenvalue weighted by Gasteiger charge is 2.32. The number of hydrogen-bond donors (Lipinski definition) is 3. The SMILES string of the molecule is Cc1n[nH]c(C)c1-c1ccc(NC(=O)[C@@H](NC(=O)c2ccnn2C)C2CCCCC2)cn1. The summed E-state index contributed by atoms with van der Waals surface area (Å²) in [6.45, 7) is 3.88. The van der Waals surface area contributed by atoms with Crippen molar-refractivity contribution in [1.82, 2.24) is 30.3 Å². The van der Waals surface area contributed by atoms with Crippen molar-refractivity contribution in [3.8, 4) is 11.3 Å². The summed E-state index contributed by atoms with van der Waals surface area (Å²) in [7, 11) is 1.71. The number of H-pyrrole nitrogens is 1. The third-order valence-corrected chi connectivity index (χ3v) is 6.16. The lowest BCUT2D eigenvalue weighted by molar-refractivity contribution is -0.119. The molecular weight excluding hydrogens is 406 g/mol. The summed E-state index contributed by atoms with van der Waals surface area (Å²) in [4.78, 5) is 30.5. The van der Waals surface area contributed by atoms with E-state index in [4.69, 9.17) is 0 Å². The maximum Gasteiger partial charge on any atom is 0.270 e. The normalized spacial score (nSPS) is 15.3. The van der Waals surface area contributed by atoms with Crippen LogP contribution < -0.4 is 10.6 Å². The zero-order valence-corrected chi connectivity index (χ0v) is 18.7. The van der Waals surface area contributed by atoms with Crippen LogP contribution in [-0.2, 0) is 11.8 Å². The molecule has 1 aliphatic rings. The van der Waals surface area contributed by atoms with Crippen molar-refractivity contribution >= 4 is 17.5 Å². The molecule has 3 aromatic heterocycles. The van der Waals surface area contributed by atoms with E-state index in [0.29, 0.717) is 11.4 Å². The van der Waals surface area contributed by atoms with E-state index in [1.165, 1.54) is 11.1 Å². The molecule has 3 heterocycles. The largest absolute Gasteiger partial charge is 0.339 e. The summed E-state index contributed by atoms with van der Waals surface area (Å²) in [5.74, 6) is -0.419. The van der Waals surface area contributed by atoms with Crippen molar-refractivity contribution in [2.75, 3.05) is 5.32 Å². The number of anilines is 1. The van der Waals surface area contributed by atoms with Crippen LogP contribution in [0.25, 0.3) is 11.3 Å². The Kier molecular flexibility index (Phi) is 6.34. The first-order valence-corrected chi connectivity index (χ1v) is 11.0. The number of aryl methyl sites for hydroxylation is 3. The van der Waals surface area contributed by atoms with Gasteiger partial charge < -0.3 is 10.6 Å². The highest BCUT2D eigenvalue weighted by Crippen LogP contribution is 2.28. The highest BCUT2D eigenvalue weighted by atomic mass is 16.2. The lowest BCUT2D eigenvalue weighted by Crippen LogP contribution is -2.49. The van der Waals surface area contributed by atoms with Gasteiger partial charge in [0.05, 0.1) is 23.3 Å². The van der Waals surface area contributed by atoms with Crippen LogP contribution in [-0.4, -0.2) is 42.8 Å². The Morgan fingerprint density at radius 3 is 2.53 bits per heavy atom. The van der Waals surface area contributed by atoms with Gasteiger partial charge in [-0.05, 0) is 50.8 Å². The topological polar surface area (TPSA) is 118 Å². The van der Waals surface area contributed by atoms with Gasteiger partial charge in [-0.15, -0.1) is 0 Å². The third kappa shape index (κ3) is 4.56. The second-order valence-electron chi connectivity index (χ2n) is 8.42. The average Bonchev–Trinajstić information content (AvgIpc) is 3.37. The van der Waals surface area contributed by atoms with E-state index in [9.17, 15) is 9.59 Å². The Bertz CT molecular complexity index is 1070. The molecule has 0 spiro atoms. The van der Waals surface area contributed by atoms with E-state index in [1.807, 2.05) is 26.0 Å². The van der Waals surface area contributed by atoms with Crippen molar-refractivity contribution < 1.29 is 9.59 Å². The molecule has 0 bridgehead atoms. The number of carbonyl (C=O) groups is 2. The molecule has 3 aromatic rings. The van der Waals surface area contributed by atoms with E-state index in [2.05, 4.69) is 30.9 Å². The van der Waals surface area contributed by atoms with Crippen LogP contribution in [0.15, 0.2) is 30.6 Å². The van der Waals surface area contributed by atoms with Gasteiger partial charge in [-0.2, -0.15) is 10.2 Å². The summed E-state index contributed by atoms with van der Waals surface area (Å²) in [6.07, 6.45) is 8.34. The summed E-state index contributed by atoms with van der Waals surface area (Å²) in [6, 6.07) is 4.72. The lowest BCUT2D eigenvalue weighted by Gasteiger charge is -2.30. The minimum Gasteiger partial charge on any atom is -0.339 e. The molecule has 0 saturated heterocycles. The molecular formula is C23H29N7O2. The molecule has 9 nitrogen and oxygen atoms in total. The van der Waals surface area contributed by atoms with Gasteiger partial charge in [0.1, 0.15) is 11.7 Å². The fraction of sp³-hybridized carbons (Fsp3) is 0.435. The lowest BCUT2D eigenvalue weighted by atomic mass is 9.83. The molecule has 9 heteroatoms. The summed E-state index contributed by atoms with van der Waals surface area (Å²) >= 11 is 0. The first-order chi connectivity index (χ1) is 15.4. The fourth-order valence-electron chi connectivity index (χ4n) is 4.44. The van der Waals surface area contributed by atoms with E-state index in [-0.39, 0.29) is 17.7 Å². The number of amides is 2. The average molecular weight is 436 g/mol. The molecule has 3 N–H and O–H groups in total. The van der Waals surface area contributed by atoms with Gasteiger partial charge in [0.25, 0.3) is 5.91 Å². The predicted molar refractivity (Wildman–Crippen MR) is 121 cm³/mol. The van der Waals surface area contributed by atoms with Gasteiger partial charge in [-0.1, -0.05) is 19.3 Å². The number of rotatable bonds is 6. The number of aromatic amines is 1. The highest BCUT2D eigenvalue weighted by molar-refractivity contribution is 6.00. The van der Waals surface area contributed by atoms with Gasteiger partial charge in [0, 0.05) is 24.5 Å². The zero-order chi connectivity index (χ0) is 22.7. The van der Waals surface area contributed by atoms with E-state index < -0.39 is 6.04 Å². The maximum atomic E-state index is 13.2. The number of carbonyl (C=O) groups excluding carboxylic acids is 2. The fourth-order valence-corrected chi connectivity index (χ4v) is 4.44. The minimum absolute atomic E-state index is 0.101. The Balaban J connectivity index is 1.50. The number of pyridine rings is 1. The molecule has 1 fully saturated rings. The van der Waals surface area contributed by atoms with Crippen molar-refractivity contribution in [2.24, 2.45) is 13.0 Å². The van der Waals surface area contributed by atoms with E-state index in [1.54, 1.807) is 25.5 Å². The van der Waals surface area contributed by atoms with Gasteiger partial charge in [0.15, 0.2) is 0 Å². The van der Waals surface area contributed by atoms with Crippen molar-refractivity contribution in [3.63, 3.8) is 0 Å². The zero-order valence-electron chi connectivity index (χ0n) is 18.7. The molecule has 168 valence electrons. The number of nitrogens with one attached hydrogen (secondary N) is 3. The molecule has 32 heavy (non-hydrogen) atoms.